The Morgan fingerprint density at radius 2 is 1.81 bits per heavy atom. The van der Waals surface area contributed by atoms with Crippen LogP contribution in [0.3, 0.4) is 0 Å². The standard InChI is InChI=1S/C25H28Cl2N2O3/c1-2-32-24(31)23-18(22-19(27)8-17(26)9-20(22)29-23)3-4-21(30)28-13-25-10-14-5-15(11-25)7-16(6-14)12-25/h3-4,8-9,14-16,29H,2,5-7,10-13H2,1H3,(H,28,30). The molecule has 0 aliphatic heterocycles. The highest BCUT2D eigenvalue weighted by atomic mass is 35.5. The summed E-state index contributed by atoms with van der Waals surface area (Å²) in [5.74, 6) is 1.89. The van der Waals surface area contributed by atoms with Gasteiger partial charge in [-0.1, -0.05) is 23.2 Å². The zero-order chi connectivity index (χ0) is 22.5. The number of hydrogen-bond donors (Lipinski definition) is 2. The van der Waals surface area contributed by atoms with E-state index < -0.39 is 5.97 Å². The first-order chi connectivity index (χ1) is 15.4. The van der Waals surface area contributed by atoms with Gasteiger partial charge in [0.05, 0.1) is 11.6 Å². The van der Waals surface area contributed by atoms with Crippen molar-refractivity contribution >= 4 is 52.1 Å². The van der Waals surface area contributed by atoms with Crippen LogP contribution in [0.2, 0.25) is 10.0 Å². The van der Waals surface area contributed by atoms with Crippen molar-refractivity contribution in [1.82, 2.24) is 10.3 Å². The summed E-state index contributed by atoms with van der Waals surface area (Å²) in [6, 6.07) is 3.33. The zero-order valence-corrected chi connectivity index (χ0v) is 19.7. The molecule has 7 heteroatoms. The molecule has 1 amide bonds. The molecule has 0 spiro atoms. The number of ether oxygens (including phenoxy) is 1. The second-order valence-corrected chi connectivity index (χ2v) is 10.8. The van der Waals surface area contributed by atoms with Crippen LogP contribution in [0, 0.1) is 23.2 Å². The predicted molar refractivity (Wildman–Crippen MR) is 127 cm³/mol. The first-order valence-corrected chi connectivity index (χ1v) is 12.2. The molecular weight excluding hydrogens is 447 g/mol. The summed E-state index contributed by atoms with van der Waals surface area (Å²) in [7, 11) is 0. The van der Waals surface area contributed by atoms with Crippen LogP contribution in [0.4, 0.5) is 0 Å². The summed E-state index contributed by atoms with van der Waals surface area (Å²) in [4.78, 5) is 28.3. The Bertz CT molecular complexity index is 1070. The van der Waals surface area contributed by atoms with E-state index in [2.05, 4.69) is 10.3 Å². The number of aromatic amines is 1. The van der Waals surface area contributed by atoms with Crippen LogP contribution in [0.5, 0.6) is 0 Å². The Morgan fingerprint density at radius 1 is 1.16 bits per heavy atom. The van der Waals surface area contributed by atoms with Gasteiger partial charge in [0.1, 0.15) is 5.69 Å². The molecule has 1 aromatic heterocycles. The number of aromatic nitrogens is 1. The Labute approximate surface area is 197 Å². The molecule has 32 heavy (non-hydrogen) atoms. The molecule has 1 heterocycles. The maximum absolute atomic E-state index is 12.7. The van der Waals surface area contributed by atoms with E-state index in [1.54, 1.807) is 25.1 Å². The lowest BCUT2D eigenvalue weighted by Crippen LogP contribution is -2.51. The lowest BCUT2D eigenvalue weighted by atomic mass is 9.49. The van der Waals surface area contributed by atoms with E-state index >= 15 is 0 Å². The van der Waals surface area contributed by atoms with E-state index in [0.29, 0.717) is 26.5 Å². The van der Waals surface area contributed by atoms with E-state index in [4.69, 9.17) is 27.9 Å². The number of halogens is 2. The maximum Gasteiger partial charge on any atom is 0.355 e. The van der Waals surface area contributed by atoms with Crippen LogP contribution in [0.1, 0.15) is 61.5 Å². The lowest BCUT2D eigenvalue weighted by molar-refractivity contribution is -0.118. The van der Waals surface area contributed by atoms with Crippen LogP contribution in [-0.2, 0) is 9.53 Å². The number of hydrogen-bond acceptors (Lipinski definition) is 3. The second-order valence-electron chi connectivity index (χ2n) is 9.91. The van der Waals surface area contributed by atoms with Gasteiger partial charge in [-0.3, -0.25) is 4.79 Å². The minimum Gasteiger partial charge on any atom is -0.461 e. The van der Waals surface area contributed by atoms with Gasteiger partial charge >= 0.3 is 5.97 Å². The summed E-state index contributed by atoms with van der Waals surface area (Å²) in [5, 5.41) is 4.66. The van der Waals surface area contributed by atoms with E-state index in [-0.39, 0.29) is 23.6 Å². The molecule has 0 atom stereocenters. The van der Waals surface area contributed by atoms with Crippen LogP contribution in [0.15, 0.2) is 18.2 Å². The fourth-order valence-corrected chi connectivity index (χ4v) is 7.40. The number of amides is 1. The first kappa shape index (κ1) is 21.8. The van der Waals surface area contributed by atoms with Crippen LogP contribution in [0.25, 0.3) is 17.0 Å². The van der Waals surface area contributed by atoms with Crippen molar-refractivity contribution in [3.05, 3.63) is 39.5 Å². The van der Waals surface area contributed by atoms with Gasteiger partial charge < -0.3 is 15.0 Å². The van der Waals surface area contributed by atoms with Crippen LogP contribution < -0.4 is 5.32 Å². The van der Waals surface area contributed by atoms with E-state index in [1.807, 2.05) is 0 Å². The molecule has 2 aromatic rings. The Balaban J connectivity index is 1.35. The van der Waals surface area contributed by atoms with Crippen molar-refractivity contribution in [2.45, 2.75) is 45.4 Å². The number of rotatable bonds is 6. The molecule has 4 saturated carbocycles. The van der Waals surface area contributed by atoms with E-state index in [0.717, 1.165) is 24.3 Å². The third-order valence-electron chi connectivity index (χ3n) is 7.54. The third-order valence-corrected chi connectivity index (χ3v) is 8.05. The van der Waals surface area contributed by atoms with Gasteiger partial charge in [-0.15, -0.1) is 0 Å². The quantitative estimate of drug-likeness (QED) is 0.398. The fraction of sp³-hybridized carbons (Fsp3) is 0.520. The molecular formula is C25H28Cl2N2O3. The van der Waals surface area contributed by atoms with Gasteiger partial charge in [-0.2, -0.15) is 0 Å². The van der Waals surface area contributed by atoms with Gasteiger partial charge in [-0.05, 0) is 86.8 Å². The Morgan fingerprint density at radius 3 is 2.44 bits per heavy atom. The van der Waals surface area contributed by atoms with Crippen LogP contribution >= 0.6 is 23.2 Å². The topological polar surface area (TPSA) is 71.2 Å². The number of fused-ring (bicyclic) bond motifs is 1. The Kier molecular flexibility index (Phi) is 5.75. The molecule has 4 aliphatic carbocycles. The normalized spacial score (nSPS) is 28.5. The predicted octanol–water partition coefficient (Wildman–Crippen LogP) is 6.00. The summed E-state index contributed by atoms with van der Waals surface area (Å²) >= 11 is 12.5. The summed E-state index contributed by atoms with van der Waals surface area (Å²) in [6.07, 6.45) is 11.0. The van der Waals surface area contributed by atoms with Crippen molar-refractivity contribution in [2.24, 2.45) is 23.2 Å². The molecule has 1 aromatic carbocycles. The zero-order valence-electron chi connectivity index (χ0n) is 18.2. The number of H-pyrrole nitrogens is 1. The van der Waals surface area contributed by atoms with Crippen molar-refractivity contribution in [3.8, 4) is 0 Å². The largest absolute Gasteiger partial charge is 0.461 e. The number of nitrogens with one attached hydrogen (secondary N) is 2. The molecule has 4 aliphatic rings. The summed E-state index contributed by atoms with van der Waals surface area (Å²) in [5.41, 5.74) is 1.69. The van der Waals surface area contributed by atoms with Crippen molar-refractivity contribution in [1.29, 1.82) is 0 Å². The average Bonchev–Trinajstić information content (AvgIpc) is 3.09. The SMILES string of the molecule is CCOC(=O)c1[nH]c2cc(Cl)cc(Cl)c2c1C=CC(=O)NCC12CC3CC(CC(C3)C1)C2. The number of carbonyl (C=O) groups is 2. The molecule has 6 rings (SSSR count). The van der Waals surface area contributed by atoms with Gasteiger partial charge in [-0.25, -0.2) is 4.79 Å². The van der Waals surface area contributed by atoms with Crippen LogP contribution in [-0.4, -0.2) is 30.0 Å². The molecule has 5 nitrogen and oxygen atoms in total. The maximum atomic E-state index is 12.7. The average molecular weight is 475 g/mol. The van der Waals surface area contributed by atoms with Gasteiger partial charge in [0, 0.05) is 34.1 Å². The highest BCUT2D eigenvalue weighted by Crippen LogP contribution is 2.59. The van der Waals surface area contributed by atoms with Gasteiger partial charge in [0.25, 0.3) is 0 Å². The first-order valence-electron chi connectivity index (χ1n) is 11.5. The third kappa shape index (κ3) is 4.06. The molecule has 4 fully saturated rings. The monoisotopic (exact) mass is 474 g/mol. The van der Waals surface area contributed by atoms with Crippen molar-refractivity contribution in [2.75, 3.05) is 13.2 Å². The number of benzene rings is 1. The lowest BCUT2D eigenvalue weighted by Gasteiger charge is -2.56. The molecule has 170 valence electrons. The molecule has 0 saturated heterocycles. The highest BCUT2D eigenvalue weighted by molar-refractivity contribution is 6.39. The molecule has 0 radical (unpaired) electrons. The minimum atomic E-state index is -0.496. The minimum absolute atomic E-state index is 0.157. The second kappa shape index (κ2) is 8.42. The van der Waals surface area contributed by atoms with Gasteiger partial charge in [0.15, 0.2) is 0 Å². The number of esters is 1. The van der Waals surface area contributed by atoms with Crippen molar-refractivity contribution in [3.63, 3.8) is 0 Å². The molecule has 0 unspecified atom stereocenters. The smallest absolute Gasteiger partial charge is 0.355 e. The summed E-state index contributed by atoms with van der Waals surface area (Å²) in [6.45, 7) is 2.73. The van der Waals surface area contributed by atoms with E-state index in [1.165, 1.54) is 44.6 Å². The molecule has 4 bridgehead atoms. The number of carbonyl (C=O) groups excluding carboxylic acids is 2. The van der Waals surface area contributed by atoms with E-state index in [9.17, 15) is 9.59 Å². The molecule has 2 N–H and O–H groups in total. The Hall–Kier alpha value is -1.98. The highest BCUT2D eigenvalue weighted by Gasteiger charge is 2.50. The fourth-order valence-electron chi connectivity index (χ4n) is 6.80. The van der Waals surface area contributed by atoms with Gasteiger partial charge in [0.2, 0.25) is 5.91 Å². The van der Waals surface area contributed by atoms with Crippen molar-refractivity contribution < 1.29 is 14.3 Å². The summed E-state index contributed by atoms with van der Waals surface area (Å²) < 4.78 is 5.18.